The summed E-state index contributed by atoms with van der Waals surface area (Å²) in [5.41, 5.74) is 3.85. The van der Waals surface area contributed by atoms with Crippen molar-refractivity contribution in [3.05, 3.63) is 69.1 Å². The van der Waals surface area contributed by atoms with Crippen molar-refractivity contribution in [2.45, 2.75) is 40.3 Å². The van der Waals surface area contributed by atoms with Crippen molar-refractivity contribution in [3.63, 3.8) is 0 Å². The number of nitrogens with one attached hydrogen (secondary N) is 2. The number of nitrogens with zero attached hydrogens (tertiary/aromatic N) is 2. The Morgan fingerprint density at radius 2 is 1.91 bits per heavy atom. The van der Waals surface area contributed by atoms with Gasteiger partial charge >= 0.3 is 18.0 Å². The molecule has 9 nitrogen and oxygen atoms in total. The average molecular weight is 487 g/mol. The molecule has 1 aliphatic heterocycles. The van der Waals surface area contributed by atoms with Crippen molar-refractivity contribution in [1.82, 2.24) is 20.4 Å². The lowest BCUT2D eigenvalue weighted by Crippen LogP contribution is -2.50. The minimum absolute atomic E-state index is 0.177. The zero-order chi connectivity index (χ0) is 24.8. The third kappa shape index (κ3) is 6.05. The summed E-state index contributed by atoms with van der Waals surface area (Å²) < 4.78 is 11.9. The Kier molecular flexibility index (Phi) is 8.12. The van der Waals surface area contributed by atoms with Crippen LogP contribution in [-0.4, -0.2) is 47.0 Å². The Hall–Kier alpha value is -3.59. The fraction of sp³-hybridized carbons (Fsp3) is 0.333. The maximum absolute atomic E-state index is 12.3. The second-order valence-electron chi connectivity index (χ2n) is 7.81. The van der Waals surface area contributed by atoms with Crippen LogP contribution in [0.1, 0.15) is 36.2 Å². The quantitative estimate of drug-likeness (QED) is 0.437. The summed E-state index contributed by atoms with van der Waals surface area (Å²) in [5, 5.41) is 9.94. The van der Waals surface area contributed by atoms with Crippen LogP contribution in [0.3, 0.4) is 0 Å². The number of carbonyl (C=O) groups is 3. The molecule has 0 fully saturated rings. The van der Waals surface area contributed by atoms with E-state index < -0.39 is 24.0 Å². The summed E-state index contributed by atoms with van der Waals surface area (Å²) in [5.74, 6) is -1.26. The zero-order valence-electron chi connectivity index (χ0n) is 19.5. The largest absolute Gasteiger partial charge is 0.463 e. The third-order valence-electron chi connectivity index (χ3n) is 5.17. The lowest BCUT2D eigenvalue weighted by molar-refractivity contribution is -0.140. The minimum Gasteiger partial charge on any atom is -0.463 e. The molecule has 0 aliphatic carbocycles. The van der Waals surface area contributed by atoms with E-state index in [4.69, 9.17) is 21.1 Å². The number of esters is 2. The molecule has 1 unspecified atom stereocenters. The van der Waals surface area contributed by atoms with Gasteiger partial charge in [-0.1, -0.05) is 41.4 Å². The monoisotopic (exact) mass is 486 g/mol. The Morgan fingerprint density at radius 1 is 1.21 bits per heavy atom. The van der Waals surface area contributed by atoms with Gasteiger partial charge in [-0.25, -0.2) is 19.1 Å². The first kappa shape index (κ1) is 25.0. The highest BCUT2D eigenvalue weighted by atomic mass is 35.5. The fourth-order valence-corrected chi connectivity index (χ4v) is 3.76. The Bertz CT molecular complexity index is 1150. The van der Waals surface area contributed by atoms with Gasteiger partial charge in [0.15, 0.2) is 0 Å². The number of urea groups is 1. The number of aryl methyl sites for hydroxylation is 2. The van der Waals surface area contributed by atoms with Crippen LogP contribution < -0.4 is 10.6 Å². The van der Waals surface area contributed by atoms with Crippen LogP contribution in [0.25, 0.3) is 6.08 Å². The number of hydrogen-bond acceptors (Lipinski definition) is 6. The summed E-state index contributed by atoms with van der Waals surface area (Å²) in [6, 6.07) is 6.98. The summed E-state index contributed by atoms with van der Waals surface area (Å²) in [7, 11) is 0. The Labute approximate surface area is 202 Å². The molecule has 0 bridgehead atoms. The molecule has 0 saturated carbocycles. The van der Waals surface area contributed by atoms with Crippen molar-refractivity contribution in [2.75, 3.05) is 13.2 Å². The number of hydrogen-bond donors (Lipinski definition) is 2. The first-order chi connectivity index (χ1) is 16.2. The number of rotatable bonds is 8. The predicted octanol–water partition coefficient (Wildman–Crippen LogP) is 3.28. The van der Waals surface area contributed by atoms with E-state index >= 15 is 0 Å². The van der Waals surface area contributed by atoms with Crippen molar-refractivity contribution in [1.29, 1.82) is 0 Å². The van der Waals surface area contributed by atoms with Gasteiger partial charge in [0.25, 0.3) is 0 Å². The molecule has 2 aromatic rings. The lowest BCUT2D eigenvalue weighted by Gasteiger charge is -2.26. The first-order valence-electron chi connectivity index (χ1n) is 10.8. The minimum atomic E-state index is -0.669. The highest BCUT2D eigenvalue weighted by Crippen LogP contribution is 2.22. The molecule has 1 aliphatic rings. The maximum Gasteiger partial charge on any atom is 0.338 e. The van der Waals surface area contributed by atoms with Gasteiger partial charge in [0.05, 0.1) is 36.2 Å². The standard InChI is InChI=1S/C24H27ClN4O5/c1-5-33-23(31)21-16(4)26-24(32)27-19(21)13-34-20(30)11-10-18-15(3)28-29(22(18)25)12-17-8-6-14(2)7-9-17/h6-11,16H,5,12-13H2,1-4H3,(H2,26,27,32)/b11-10+. The second kappa shape index (κ2) is 11.0. The molecular formula is C24H27ClN4O5. The summed E-state index contributed by atoms with van der Waals surface area (Å²) in [6.45, 7) is 7.51. The van der Waals surface area contributed by atoms with Crippen LogP contribution >= 0.6 is 11.6 Å². The molecule has 1 atom stereocenters. The molecular weight excluding hydrogens is 460 g/mol. The first-order valence-corrected chi connectivity index (χ1v) is 11.2. The van der Waals surface area contributed by atoms with Crippen molar-refractivity contribution >= 4 is 35.6 Å². The van der Waals surface area contributed by atoms with Crippen molar-refractivity contribution in [2.24, 2.45) is 0 Å². The fourth-order valence-electron chi connectivity index (χ4n) is 3.46. The number of carbonyl (C=O) groups excluding carboxylic acids is 3. The van der Waals surface area contributed by atoms with Crippen LogP contribution in [0.5, 0.6) is 0 Å². The van der Waals surface area contributed by atoms with Crippen LogP contribution in [0, 0.1) is 13.8 Å². The summed E-state index contributed by atoms with van der Waals surface area (Å²) in [4.78, 5) is 36.4. The second-order valence-corrected chi connectivity index (χ2v) is 8.17. The molecule has 0 saturated heterocycles. The van der Waals surface area contributed by atoms with Crippen LogP contribution in [0.15, 0.2) is 41.6 Å². The van der Waals surface area contributed by atoms with Crippen LogP contribution in [0.2, 0.25) is 5.15 Å². The number of halogens is 1. The van der Waals surface area contributed by atoms with E-state index in [1.165, 1.54) is 12.2 Å². The SMILES string of the molecule is CCOC(=O)C1=C(COC(=O)/C=C/c2c(C)nn(Cc3ccc(C)cc3)c2Cl)NC(=O)NC1C. The molecule has 1 aromatic carbocycles. The smallest absolute Gasteiger partial charge is 0.338 e. The van der Waals surface area contributed by atoms with E-state index in [2.05, 4.69) is 15.7 Å². The van der Waals surface area contributed by atoms with Crippen molar-refractivity contribution in [3.8, 4) is 0 Å². The predicted molar refractivity (Wildman–Crippen MR) is 127 cm³/mol. The summed E-state index contributed by atoms with van der Waals surface area (Å²) in [6.07, 6.45) is 2.76. The topological polar surface area (TPSA) is 112 Å². The maximum atomic E-state index is 12.3. The van der Waals surface area contributed by atoms with Gasteiger partial charge in [-0.15, -0.1) is 0 Å². The van der Waals surface area contributed by atoms with Gasteiger partial charge in [0, 0.05) is 11.6 Å². The zero-order valence-corrected chi connectivity index (χ0v) is 20.2. The molecule has 2 amide bonds. The Balaban J connectivity index is 1.69. The molecule has 0 spiro atoms. The summed E-state index contributed by atoms with van der Waals surface area (Å²) >= 11 is 6.49. The molecule has 3 rings (SSSR count). The normalized spacial score (nSPS) is 15.8. The van der Waals surface area contributed by atoms with Crippen LogP contribution in [-0.2, 0) is 25.6 Å². The van der Waals surface area contributed by atoms with Gasteiger partial charge < -0.3 is 20.1 Å². The number of aromatic nitrogens is 2. The van der Waals surface area contributed by atoms with E-state index in [1.807, 2.05) is 31.2 Å². The highest BCUT2D eigenvalue weighted by Gasteiger charge is 2.30. The number of amides is 2. The van der Waals surface area contributed by atoms with Gasteiger partial charge in [-0.05, 0) is 39.3 Å². The van der Waals surface area contributed by atoms with E-state index in [1.54, 1.807) is 25.5 Å². The molecule has 1 aromatic heterocycles. The molecule has 10 heteroatoms. The van der Waals surface area contributed by atoms with Gasteiger partial charge in [-0.3, -0.25) is 0 Å². The van der Waals surface area contributed by atoms with E-state index in [0.29, 0.717) is 23.0 Å². The average Bonchev–Trinajstić information content (AvgIpc) is 3.04. The van der Waals surface area contributed by atoms with Gasteiger partial charge in [0.1, 0.15) is 11.8 Å². The van der Waals surface area contributed by atoms with Gasteiger partial charge in [0.2, 0.25) is 0 Å². The van der Waals surface area contributed by atoms with E-state index in [9.17, 15) is 14.4 Å². The molecule has 0 radical (unpaired) electrons. The number of benzene rings is 1. The highest BCUT2D eigenvalue weighted by molar-refractivity contribution is 6.31. The molecule has 34 heavy (non-hydrogen) atoms. The lowest BCUT2D eigenvalue weighted by atomic mass is 10.0. The van der Waals surface area contributed by atoms with E-state index in [-0.39, 0.29) is 24.5 Å². The van der Waals surface area contributed by atoms with Crippen molar-refractivity contribution < 1.29 is 23.9 Å². The molecule has 2 heterocycles. The van der Waals surface area contributed by atoms with Gasteiger partial charge in [-0.2, -0.15) is 5.10 Å². The van der Waals surface area contributed by atoms with E-state index in [0.717, 1.165) is 11.1 Å². The van der Waals surface area contributed by atoms with Crippen LogP contribution in [0.4, 0.5) is 4.79 Å². The third-order valence-corrected chi connectivity index (χ3v) is 5.57. The molecule has 2 N–H and O–H groups in total. The Morgan fingerprint density at radius 3 is 2.59 bits per heavy atom. The molecule has 180 valence electrons. The number of ether oxygens (including phenoxy) is 2.